The molecule has 0 radical (unpaired) electrons. The summed E-state index contributed by atoms with van der Waals surface area (Å²) in [4.78, 5) is 4.46. The number of hydrogen-bond acceptors (Lipinski definition) is 4. The Morgan fingerprint density at radius 2 is 1.96 bits per heavy atom. The molecule has 0 atom stereocenters. The predicted molar refractivity (Wildman–Crippen MR) is 106 cm³/mol. The van der Waals surface area contributed by atoms with E-state index in [0.717, 1.165) is 17.4 Å². The zero-order valence-electron chi connectivity index (χ0n) is 16.7. The summed E-state index contributed by atoms with van der Waals surface area (Å²) in [6.45, 7) is 10.6. The average molecular weight is 373 g/mol. The molecular formula is C21H28FN3O2. The summed E-state index contributed by atoms with van der Waals surface area (Å²) in [6, 6.07) is 7.39. The van der Waals surface area contributed by atoms with Gasteiger partial charge in [0.15, 0.2) is 11.6 Å². The molecule has 0 aliphatic rings. The third-order valence-electron chi connectivity index (χ3n) is 4.09. The number of fused-ring (bicyclic) bond motifs is 1. The van der Waals surface area contributed by atoms with Crippen molar-refractivity contribution in [1.82, 2.24) is 9.66 Å². The molecule has 27 heavy (non-hydrogen) atoms. The number of rotatable bonds is 7. The summed E-state index contributed by atoms with van der Waals surface area (Å²) >= 11 is 0. The van der Waals surface area contributed by atoms with E-state index >= 15 is 0 Å². The molecule has 6 heteroatoms. The van der Waals surface area contributed by atoms with Gasteiger partial charge in [0.25, 0.3) is 0 Å². The molecule has 0 bridgehead atoms. The maximum Gasteiger partial charge on any atom is 0.194 e. The first-order valence-electron chi connectivity index (χ1n) is 9.21. The number of furan rings is 1. The third kappa shape index (κ3) is 4.81. The van der Waals surface area contributed by atoms with Gasteiger partial charge in [-0.25, -0.2) is 14.1 Å². The lowest BCUT2D eigenvalue weighted by atomic mass is 9.82. The Kier molecular flexibility index (Phi) is 5.18. The smallest absolute Gasteiger partial charge is 0.194 e. The van der Waals surface area contributed by atoms with E-state index in [-0.39, 0.29) is 17.6 Å². The van der Waals surface area contributed by atoms with Gasteiger partial charge < -0.3 is 14.6 Å². The number of benzene rings is 1. The van der Waals surface area contributed by atoms with Crippen LogP contribution in [0.5, 0.6) is 5.75 Å². The predicted octanol–water partition coefficient (Wildman–Crippen LogP) is 5.40. The number of hydrogen-bond donors (Lipinski definition) is 1. The van der Waals surface area contributed by atoms with Crippen molar-refractivity contribution < 1.29 is 13.5 Å². The van der Waals surface area contributed by atoms with Crippen molar-refractivity contribution in [3.8, 4) is 17.3 Å². The van der Waals surface area contributed by atoms with E-state index in [1.54, 1.807) is 12.3 Å². The molecule has 0 spiro atoms. The molecule has 0 saturated carbocycles. The number of aromatic nitrogens is 2. The van der Waals surface area contributed by atoms with Gasteiger partial charge in [0, 0.05) is 23.3 Å². The van der Waals surface area contributed by atoms with Gasteiger partial charge in [-0.2, -0.15) is 0 Å². The molecule has 5 nitrogen and oxygen atoms in total. The molecule has 1 N–H and O–H groups in total. The Morgan fingerprint density at radius 1 is 1.19 bits per heavy atom. The molecule has 3 rings (SSSR count). The van der Waals surface area contributed by atoms with Crippen LogP contribution in [-0.2, 0) is 0 Å². The SMILES string of the molecule is CC(C)(C)CC(C)(C)Nn1ccnc1-c1cc2cc(OCCF)ccc2o1. The Labute approximate surface area is 159 Å². The highest BCUT2D eigenvalue weighted by molar-refractivity contribution is 5.83. The second-order valence-electron chi connectivity index (χ2n) is 8.70. The normalized spacial score (nSPS) is 12.5. The Morgan fingerprint density at radius 3 is 2.67 bits per heavy atom. The van der Waals surface area contributed by atoms with Crippen molar-refractivity contribution in [3.63, 3.8) is 0 Å². The number of alkyl halides is 1. The van der Waals surface area contributed by atoms with Crippen LogP contribution in [-0.4, -0.2) is 28.5 Å². The first-order valence-corrected chi connectivity index (χ1v) is 9.21. The van der Waals surface area contributed by atoms with Crippen molar-refractivity contribution >= 4 is 11.0 Å². The molecule has 0 fully saturated rings. The van der Waals surface area contributed by atoms with Gasteiger partial charge in [-0.3, -0.25) is 0 Å². The number of halogens is 1. The van der Waals surface area contributed by atoms with Crippen LogP contribution < -0.4 is 10.2 Å². The Balaban J connectivity index is 1.86. The fourth-order valence-corrected chi connectivity index (χ4v) is 3.65. The number of imidazole rings is 1. The first-order chi connectivity index (χ1) is 12.7. The molecule has 2 aromatic heterocycles. The molecule has 3 aromatic rings. The van der Waals surface area contributed by atoms with Crippen LogP contribution >= 0.6 is 0 Å². The zero-order valence-corrected chi connectivity index (χ0v) is 16.7. The second-order valence-corrected chi connectivity index (χ2v) is 8.70. The van der Waals surface area contributed by atoms with Crippen LogP contribution in [0.25, 0.3) is 22.6 Å². The van der Waals surface area contributed by atoms with Gasteiger partial charge in [0.2, 0.25) is 0 Å². The van der Waals surface area contributed by atoms with Crippen molar-refractivity contribution in [2.45, 2.75) is 46.6 Å². The van der Waals surface area contributed by atoms with Crippen LogP contribution in [0.4, 0.5) is 4.39 Å². The highest BCUT2D eigenvalue weighted by atomic mass is 19.1. The summed E-state index contributed by atoms with van der Waals surface area (Å²) in [6.07, 6.45) is 4.63. The largest absolute Gasteiger partial charge is 0.491 e. The summed E-state index contributed by atoms with van der Waals surface area (Å²) in [5, 5.41) is 0.893. The number of ether oxygens (including phenoxy) is 1. The average Bonchev–Trinajstić information content (AvgIpc) is 3.15. The minimum Gasteiger partial charge on any atom is -0.491 e. The first kappa shape index (κ1) is 19.3. The van der Waals surface area contributed by atoms with Gasteiger partial charge in [0.1, 0.15) is 24.6 Å². The standard InChI is InChI=1S/C21H28FN3O2/c1-20(2,3)14-21(4,5)24-25-10-9-23-19(25)18-13-15-12-16(26-11-8-22)6-7-17(15)27-18/h6-7,9-10,12-13,24H,8,11,14H2,1-5H3. The maximum absolute atomic E-state index is 12.3. The summed E-state index contributed by atoms with van der Waals surface area (Å²) in [7, 11) is 0. The molecule has 0 amide bonds. The van der Waals surface area contributed by atoms with Crippen molar-refractivity contribution in [1.29, 1.82) is 0 Å². The molecule has 0 aliphatic heterocycles. The van der Waals surface area contributed by atoms with Gasteiger partial charge in [-0.05, 0) is 49.9 Å². The quantitative estimate of drug-likeness (QED) is 0.602. The summed E-state index contributed by atoms with van der Waals surface area (Å²) in [5.74, 6) is 2.00. The number of nitrogens with zero attached hydrogens (tertiary/aromatic N) is 2. The van der Waals surface area contributed by atoms with E-state index < -0.39 is 6.67 Å². The molecule has 0 unspecified atom stereocenters. The lowest BCUT2D eigenvalue weighted by Crippen LogP contribution is -2.40. The van der Waals surface area contributed by atoms with Crippen molar-refractivity contribution in [2.75, 3.05) is 18.7 Å². The Hall–Kier alpha value is -2.50. The molecule has 146 valence electrons. The van der Waals surface area contributed by atoms with E-state index in [1.165, 1.54) is 0 Å². The number of nitrogens with one attached hydrogen (secondary N) is 1. The van der Waals surface area contributed by atoms with Crippen LogP contribution in [0.1, 0.15) is 41.0 Å². The third-order valence-corrected chi connectivity index (χ3v) is 4.09. The van der Waals surface area contributed by atoms with Gasteiger partial charge in [-0.15, -0.1) is 0 Å². The van der Waals surface area contributed by atoms with E-state index in [4.69, 9.17) is 9.15 Å². The minimum atomic E-state index is -0.512. The summed E-state index contributed by atoms with van der Waals surface area (Å²) in [5.41, 5.74) is 4.35. The maximum atomic E-state index is 12.3. The fraction of sp³-hybridized carbons (Fsp3) is 0.476. The van der Waals surface area contributed by atoms with E-state index in [0.29, 0.717) is 17.3 Å². The lowest BCUT2D eigenvalue weighted by molar-refractivity contribution is 0.273. The second kappa shape index (κ2) is 7.25. The molecular weight excluding hydrogens is 345 g/mol. The van der Waals surface area contributed by atoms with Crippen molar-refractivity contribution in [3.05, 3.63) is 36.7 Å². The van der Waals surface area contributed by atoms with Gasteiger partial charge in [-0.1, -0.05) is 20.8 Å². The van der Waals surface area contributed by atoms with Crippen LogP contribution in [0.2, 0.25) is 0 Å². The highest BCUT2D eigenvalue weighted by Gasteiger charge is 2.26. The van der Waals surface area contributed by atoms with E-state index in [2.05, 4.69) is 45.0 Å². The Bertz CT molecular complexity index is 906. The zero-order chi connectivity index (χ0) is 19.7. The van der Waals surface area contributed by atoms with E-state index in [1.807, 2.05) is 29.1 Å². The molecule has 1 aromatic carbocycles. The van der Waals surface area contributed by atoms with Gasteiger partial charge in [0.05, 0.1) is 0 Å². The molecule has 0 saturated heterocycles. The molecule has 2 heterocycles. The monoisotopic (exact) mass is 373 g/mol. The minimum absolute atomic E-state index is 0.0490. The van der Waals surface area contributed by atoms with Crippen LogP contribution in [0.3, 0.4) is 0 Å². The lowest BCUT2D eigenvalue weighted by Gasteiger charge is -2.34. The van der Waals surface area contributed by atoms with Crippen LogP contribution in [0.15, 0.2) is 41.1 Å². The van der Waals surface area contributed by atoms with E-state index in [9.17, 15) is 4.39 Å². The fourth-order valence-electron chi connectivity index (χ4n) is 3.65. The molecule has 0 aliphatic carbocycles. The highest BCUT2D eigenvalue weighted by Crippen LogP contribution is 2.31. The van der Waals surface area contributed by atoms with Crippen LogP contribution in [0, 0.1) is 5.41 Å². The van der Waals surface area contributed by atoms with Crippen molar-refractivity contribution in [2.24, 2.45) is 5.41 Å². The summed E-state index contributed by atoms with van der Waals surface area (Å²) < 4.78 is 25.5. The topological polar surface area (TPSA) is 52.2 Å². The van der Waals surface area contributed by atoms with Gasteiger partial charge >= 0.3 is 0 Å².